The fourth-order valence-electron chi connectivity index (χ4n) is 6.06. The third kappa shape index (κ3) is 6.00. The van der Waals surface area contributed by atoms with Crippen molar-refractivity contribution in [1.82, 2.24) is 0 Å². The predicted molar refractivity (Wildman–Crippen MR) is 122 cm³/mol. The zero-order valence-corrected chi connectivity index (χ0v) is 19.3. The molecule has 4 rings (SSSR count). The van der Waals surface area contributed by atoms with E-state index in [1.165, 1.54) is 56.9 Å². The van der Waals surface area contributed by atoms with Crippen molar-refractivity contribution in [3.63, 3.8) is 0 Å². The molecule has 0 unspecified atom stereocenters. The smallest absolute Gasteiger partial charge is 0.160 e. The van der Waals surface area contributed by atoms with Crippen LogP contribution in [0.2, 0.25) is 5.02 Å². The van der Waals surface area contributed by atoms with E-state index in [0.29, 0.717) is 11.8 Å². The SMILES string of the molecule is COCCC[C@H]1CO[C@H]([C@H]2CC[C@H]([C@H]3CC[C@H](c4ccc(Cl)cc4)CC3)CC2)OC1. The summed E-state index contributed by atoms with van der Waals surface area (Å²) in [7, 11) is 1.77. The minimum absolute atomic E-state index is 0.0465. The Labute approximate surface area is 187 Å². The average molecular weight is 435 g/mol. The molecule has 1 aliphatic heterocycles. The first-order valence-electron chi connectivity index (χ1n) is 12.2. The lowest BCUT2D eigenvalue weighted by Gasteiger charge is -2.41. The third-order valence-corrected chi connectivity index (χ3v) is 8.19. The number of hydrogen-bond acceptors (Lipinski definition) is 3. The van der Waals surface area contributed by atoms with Crippen molar-refractivity contribution >= 4 is 11.6 Å². The van der Waals surface area contributed by atoms with Crippen LogP contribution in [0.4, 0.5) is 0 Å². The number of ether oxygens (including phenoxy) is 3. The Balaban J connectivity index is 1.15. The van der Waals surface area contributed by atoms with E-state index >= 15 is 0 Å². The van der Waals surface area contributed by atoms with Gasteiger partial charge in [-0.1, -0.05) is 23.7 Å². The summed E-state index contributed by atoms with van der Waals surface area (Å²) in [4.78, 5) is 0. The molecule has 3 nitrogen and oxygen atoms in total. The van der Waals surface area contributed by atoms with Gasteiger partial charge < -0.3 is 14.2 Å². The molecule has 1 aromatic carbocycles. The molecule has 3 fully saturated rings. The zero-order chi connectivity index (χ0) is 20.8. The van der Waals surface area contributed by atoms with Crippen LogP contribution in [0.3, 0.4) is 0 Å². The van der Waals surface area contributed by atoms with E-state index in [0.717, 1.165) is 55.4 Å². The highest BCUT2D eigenvalue weighted by molar-refractivity contribution is 6.30. The first-order valence-corrected chi connectivity index (χ1v) is 12.6. The average Bonchev–Trinajstić information content (AvgIpc) is 2.81. The molecule has 30 heavy (non-hydrogen) atoms. The van der Waals surface area contributed by atoms with Crippen LogP contribution in [0.15, 0.2) is 24.3 Å². The summed E-state index contributed by atoms with van der Waals surface area (Å²) >= 11 is 6.05. The van der Waals surface area contributed by atoms with Gasteiger partial charge in [0.25, 0.3) is 0 Å². The molecular formula is C26H39ClO3. The van der Waals surface area contributed by atoms with Crippen LogP contribution in [0.25, 0.3) is 0 Å². The van der Waals surface area contributed by atoms with E-state index in [4.69, 9.17) is 25.8 Å². The van der Waals surface area contributed by atoms with Gasteiger partial charge in [-0.15, -0.1) is 0 Å². The van der Waals surface area contributed by atoms with Crippen molar-refractivity contribution < 1.29 is 14.2 Å². The topological polar surface area (TPSA) is 27.7 Å². The van der Waals surface area contributed by atoms with E-state index in [-0.39, 0.29) is 6.29 Å². The lowest BCUT2D eigenvalue weighted by atomic mass is 9.68. The van der Waals surface area contributed by atoms with E-state index < -0.39 is 0 Å². The first kappa shape index (κ1) is 22.6. The Hall–Kier alpha value is -0.610. The van der Waals surface area contributed by atoms with Crippen LogP contribution in [0, 0.1) is 23.7 Å². The molecule has 4 heteroatoms. The highest BCUT2D eigenvalue weighted by Gasteiger charge is 2.35. The Kier molecular flexibility index (Phi) is 8.51. The summed E-state index contributed by atoms with van der Waals surface area (Å²) in [5.74, 6) is 3.72. The Morgan fingerprint density at radius 1 is 0.833 bits per heavy atom. The molecular weight excluding hydrogens is 396 g/mol. The van der Waals surface area contributed by atoms with Crippen LogP contribution < -0.4 is 0 Å². The monoisotopic (exact) mass is 434 g/mol. The Bertz CT molecular complexity index is 610. The van der Waals surface area contributed by atoms with Gasteiger partial charge in [-0.25, -0.2) is 0 Å². The van der Waals surface area contributed by atoms with Gasteiger partial charge in [-0.2, -0.15) is 0 Å². The van der Waals surface area contributed by atoms with Gasteiger partial charge in [0.15, 0.2) is 6.29 Å². The second-order valence-electron chi connectivity index (χ2n) is 9.87. The third-order valence-electron chi connectivity index (χ3n) is 7.93. The lowest BCUT2D eigenvalue weighted by Crippen LogP contribution is -2.39. The van der Waals surface area contributed by atoms with Gasteiger partial charge in [0.1, 0.15) is 0 Å². The van der Waals surface area contributed by atoms with Crippen molar-refractivity contribution in [3.05, 3.63) is 34.9 Å². The molecule has 0 bridgehead atoms. The van der Waals surface area contributed by atoms with Crippen LogP contribution in [-0.2, 0) is 14.2 Å². The van der Waals surface area contributed by atoms with E-state index in [1.807, 2.05) is 12.1 Å². The highest BCUT2D eigenvalue weighted by atomic mass is 35.5. The molecule has 0 atom stereocenters. The lowest BCUT2D eigenvalue weighted by molar-refractivity contribution is -0.230. The normalized spacial score (nSPS) is 35.3. The molecule has 0 aromatic heterocycles. The van der Waals surface area contributed by atoms with Crippen LogP contribution in [0.5, 0.6) is 0 Å². The maximum absolute atomic E-state index is 6.14. The summed E-state index contributed by atoms with van der Waals surface area (Å²) in [5, 5.41) is 0.844. The van der Waals surface area contributed by atoms with Crippen molar-refractivity contribution in [1.29, 1.82) is 0 Å². The van der Waals surface area contributed by atoms with Crippen molar-refractivity contribution in [2.75, 3.05) is 26.9 Å². The van der Waals surface area contributed by atoms with Crippen molar-refractivity contribution in [3.8, 4) is 0 Å². The number of halogens is 1. The first-order chi connectivity index (χ1) is 14.7. The van der Waals surface area contributed by atoms with E-state index in [9.17, 15) is 0 Å². The quantitative estimate of drug-likeness (QED) is 0.440. The van der Waals surface area contributed by atoms with Gasteiger partial charge >= 0.3 is 0 Å². The zero-order valence-electron chi connectivity index (χ0n) is 18.6. The second kappa shape index (κ2) is 11.3. The summed E-state index contributed by atoms with van der Waals surface area (Å²) in [6.45, 7) is 2.57. The molecule has 1 heterocycles. The predicted octanol–water partition coefficient (Wildman–Crippen LogP) is 6.84. The molecule has 168 valence electrons. The maximum Gasteiger partial charge on any atom is 0.160 e. The van der Waals surface area contributed by atoms with Crippen LogP contribution in [-0.4, -0.2) is 33.2 Å². The Morgan fingerprint density at radius 3 is 2.00 bits per heavy atom. The standard InChI is InChI=1S/C26H39ClO3/c1-28-16-2-3-19-17-29-26(30-18-19)24-10-8-22(9-11-24)20-4-6-21(7-5-20)23-12-14-25(27)15-13-23/h12-15,19-22,24,26H,2-11,16-18H2,1H3/t19-,20-,21-,22-,24-,26-. The second-order valence-corrected chi connectivity index (χ2v) is 10.3. The number of hydrogen-bond donors (Lipinski definition) is 0. The van der Waals surface area contributed by atoms with Gasteiger partial charge in [-0.05, 0) is 99.7 Å². The molecule has 2 saturated carbocycles. The summed E-state index contributed by atoms with van der Waals surface area (Å²) < 4.78 is 17.4. The molecule has 0 spiro atoms. The number of benzene rings is 1. The van der Waals surface area contributed by atoms with Gasteiger partial charge in [0, 0.05) is 30.6 Å². The fraction of sp³-hybridized carbons (Fsp3) is 0.769. The van der Waals surface area contributed by atoms with Crippen molar-refractivity contribution in [2.45, 2.75) is 76.4 Å². The molecule has 0 amide bonds. The van der Waals surface area contributed by atoms with Gasteiger partial charge in [0.2, 0.25) is 0 Å². The van der Waals surface area contributed by atoms with Crippen LogP contribution >= 0.6 is 11.6 Å². The fourth-order valence-corrected chi connectivity index (χ4v) is 6.19. The largest absolute Gasteiger partial charge is 0.385 e. The number of rotatable bonds is 7. The highest BCUT2D eigenvalue weighted by Crippen LogP contribution is 2.45. The molecule has 0 N–H and O–H groups in total. The Morgan fingerprint density at radius 2 is 1.40 bits per heavy atom. The molecule has 3 aliphatic rings. The summed E-state index contributed by atoms with van der Waals surface area (Å²) in [5.41, 5.74) is 1.48. The minimum atomic E-state index is 0.0465. The summed E-state index contributed by atoms with van der Waals surface area (Å²) in [6, 6.07) is 8.54. The van der Waals surface area contributed by atoms with E-state index in [2.05, 4.69) is 12.1 Å². The van der Waals surface area contributed by atoms with Crippen LogP contribution in [0.1, 0.15) is 75.7 Å². The minimum Gasteiger partial charge on any atom is -0.385 e. The molecule has 0 radical (unpaired) electrons. The van der Waals surface area contributed by atoms with E-state index in [1.54, 1.807) is 7.11 Å². The van der Waals surface area contributed by atoms with Gasteiger partial charge in [0.05, 0.1) is 13.2 Å². The summed E-state index contributed by atoms with van der Waals surface area (Å²) in [6.07, 6.45) is 13.0. The maximum atomic E-state index is 6.14. The molecule has 2 aliphatic carbocycles. The van der Waals surface area contributed by atoms with Crippen molar-refractivity contribution in [2.24, 2.45) is 23.7 Å². The number of methoxy groups -OCH3 is 1. The molecule has 1 saturated heterocycles. The van der Waals surface area contributed by atoms with Gasteiger partial charge in [-0.3, -0.25) is 0 Å². The molecule has 1 aromatic rings.